The third-order valence-electron chi connectivity index (χ3n) is 4.97. The van der Waals surface area contributed by atoms with Gasteiger partial charge in [0.15, 0.2) is 11.5 Å². The van der Waals surface area contributed by atoms with E-state index in [4.69, 9.17) is 4.42 Å². The first-order chi connectivity index (χ1) is 13.7. The lowest BCUT2D eigenvalue weighted by molar-refractivity contribution is 0.0682. The second-order valence-corrected chi connectivity index (χ2v) is 8.48. The fourth-order valence-corrected chi connectivity index (χ4v) is 3.37. The van der Waals surface area contributed by atoms with Gasteiger partial charge in [-0.3, -0.25) is 4.79 Å². The molecular formula is C24H30N2O3. The van der Waals surface area contributed by atoms with Crippen LogP contribution in [0.3, 0.4) is 0 Å². The smallest absolute Gasteiger partial charge is 0.289 e. The van der Waals surface area contributed by atoms with Crippen LogP contribution in [-0.2, 0) is 0 Å². The van der Waals surface area contributed by atoms with Crippen molar-refractivity contribution in [2.24, 2.45) is 0 Å². The first-order valence-corrected chi connectivity index (χ1v) is 10.2. The van der Waals surface area contributed by atoms with Crippen molar-refractivity contribution in [2.45, 2.75) is 58.1 Å². The highest BCUT2D eigenvalue weighted by atomic mass is 16.4. The van der Waals surface area contributed by atoms with Crippen molar-refractivity contribution in [2.75, 3.05) is 18.4 Å². The molecule has 154 valence electrons. The molecule has 1 aliphatic heterocycles. The molecule has 1 aromatic carbocycles. The van der Waals surface area contributed by atoms with E-state index in [1.807, 2.05) is 4.90 Å². The SMILES string of the molecule is CC(C)c1ccc(N[C@@H]2CCCN(C(=O)c3ccc(C#CC(C)(C)O)o3)C2)cc1. The van der Waals surface area contributed by atoms with Crippen molar-refractivity contribution < 1.29 is 14.3 Å². The van der Waals surface area contributed by atoms with E-state index >= 15 is 0 Å². The van der Waals surface area contributed by atoms with Gasteiger partial charge in [0, 0.05) is 24.8 Å². The third kappa shape index (κ3) is 5.88. The molecule has 0 saturated carbocycles. The molecule has 3 rings (SSSR count). The van der Waals surface area contributed by atoms with Gasteiger partial charge in [0.1, 0.15) is 5.60 Å². The molecule has 0 spiro atoms. The Hall–Kier alpha value is -2.71. The van der Waals surface area contributed by atoms with Crippen molar-refractivity contribution in [1.82, 2.24) is 4.90 Å². The molecule has 1 amide bonds. The summed E-state index contributed by atoms with van der Waals surface area (Å²) >= 11 is 0. The van der Waals surface area contributed by atoms with Gasteiger partial charge in [-0.2, -0.15) is 0 Å². The van der Waals surface area contributed by atoms with Crippen molar-refractivity contribution in [3.8, 4) is 11.8 Å². The highest BCUT2D eigenvalue weighted by Crippen LogP contribution is 2.21. The number of anilines is 1. The molecule has 29 heavy (non-hydrogen) atoms. The summed E-state index contributed by atoms with van der Waals surface area (Å²) in [5, 5.41) is 13.2. The van der Waals surface area contributed by atoms with E-state index in [2.05, 4.69) is 55.3 Å². The summed E-state index contributed by atoms with van der Waals surface area (Å²) in [5.41, 5.74) is 1.30. The largest absolute Gasteiger partial charge is 0.443 e. The molecule has 0 unspecified atom stereocenters. The number of carbonyl (C=O) groups excluding carboxylic acids is 1. The predicted molar refractivity (Wildman–Crippen MR) is 115 cm³/mol. The summed E-state index contributed by atoms with van der Waals surface area (Å²) in [4.78, 5) is 14.7. The molecule has 1 fully saturated rings. The molecule has 2 heterocycles. The lowest BCUT2D eigenvalue weighted by Crippen LogP contribution is -2.45. The van der Waals surface area contributed by atoms with Crippen LogP contribution in [0, 0.1) is 11.8 Å². The van der Waals surface area contributed by atoms with Crippen LogP contribution in [0.1, 0.15) is 68.3 Å². The van der Waals surface area contributed by atoms with Crippen LogP contribution < -0.4 is 5.32 Å². The zero-order valence-electron chi connectivity index (χ0n) is 17.7. The van der Waals surface area contributed by atoms with Gasteiger partial charge < -0.3 is 19.7 Å². The van der Waals surface area contributed by atoms with Gasteiger partial charge in [-0.1, -0.05) is 31.9 Å². The number of nitrogens with zero attached hydrogens (tertiary/aromatic N) is 1. The van der Waals surface area contributed by atoms with Crippen LogP contribution in [0.2, 0.25) is 0 Å². The van der Waals surface area contributed by atoms with Crippen molar-refractivity contribution in [1.29, 1.82) is 0 Å². The van der Waals surface area contributed by atoms with Gasteiger partial charge in [-0.05, 0) is 68.4 Å². The molecule has 1 aliphatic rings. The molecule has 1 aromatic heterocycles. The van der Waals surface area contributed by atoms with E-state index in [1.165, 1.54) is 5.56 Å². The highest BCUT2D eigenvalue weighted by molar-refractivity contribution is 5.91. The maximum absolute atomic E-state index is 12.8. The number of aliphatic hydroxyl groups is 1. The number of piperidine rings is 1. The van der Waals surface area contributed by atoms with Gasteiger partial charge in [0.25, 0.3) is 5.91 Å². The van der Waals surface area contributed by atoms with Crippen LogP contribution in [0.4, 0.5) is 5.69 Å². The Morgan fingerprint density at radius 2 is 1.97 bits per heavy atom. The zero-order chi connectivity index (χ0) is 21.0. The lowest BCUT2D eigenvalue weighted by atomic mass is 10.0. The minimum absolute atomic E-state index is 0.122. The Balaban J connectivity index is 1.62. The van der Waals surface area contributed by atoms with Gasteiger partial charge in [-0.15, -0.1) is 0 Å². The molecule has 2 aromatic rings. The minimum atomic E-state index is -1.10. The van der Waals surface area contributed by atoms with E-state index in [9.17, 15) is 9.90 Å². The number of hydrogen-bond acceptors (Lipinski definition) is 4. The normalized spacial score (nSPS) is 17.0. The molecule has 1 atom stereocenters. The molecular weight excluding hydrogens is 364 g/mol. The van der Waals surface area contributed by atoms with Crippen LogP contribution in [0.25, 0.3) is 0 Å². The fourth-order valence-electron chi connectivity index (χ4n) is 3.37. The standard InChI is InChI=1S/C24H30N2O3/c1-17(2)18-7-9-19(10-8-18)25-20-6-5-15-26(16-20)23(27)22-12-11-21(29-22)13-14-24(3,4)28/h7-12,17,20,25,28H,5-6,15-16H2,1-4H3/t20-/m1/s1. The fraction of sp³-hybridized carbons (Fsp3) is 0.458. The molecule has 0 aliphatic carbocycles. The Morgan fingerprint density at radius 3 is 2.62 bits per heavy atom. The summed E-state index contributed by atoms with van der Waals surface area (Å²) in [5.74, 6) is 6.51. The molecule has 2 N–H and O–H groups in total. The number of carbonyl (C=O) groups is 1. The average Bonchev–Trinajstić information content (AvgIpc) is 3.15. The minimum Gasteiger partial charge on any atom is -0.443 e. The van der Waals surface area contributed by atoms with Crippen molar-refractivity contribution >= 4 is 11.6 Å². The number of benzene rings is 1. The van der Waals surface area contributed by atoms with Gasteiger partial charge >= 0.3 is 0 Å². The quantitative estimate of drug-likeness (QED) is 0.761. The average molecular weight is 395 g/mol. The number of amides is 1. The summed E-state index contributed by atoms with van der Waals surface area (Å²) in [6.07, 6.45) is 1.97. The van der Waals surface area contributed by atoms with Crippen LogP contribution in [0.5, 0.6) is 0 Å². The molecule has 5 heteroatoms. The summed E-state index contributed by atoms with van der Waals surface area (Å²) in [6.45, 7) is 8.93. The number of hydrogen-bond donors (Lipinski definition) is 2. The highest BCUT2D eigenvalue weighted by Gasteiger charge is 2.26. The molecule has 1 saturated heterocycles. The zero-order valence-corrected chi connectivity index (χ0v) is 17.7. The second kappa shape index (κ2) is 8.75. The second-order valence-electron chi connectivity index (χ2n) is 8.48. The Bertz CT molecular complexity index is 895. The molecule has 5 nitrogen and oxygen atoms in total. The monoisotopic (exact) mass is 394 g/mol. The third-order valence-corrected chi connectivity index (χ3v) is 4.97. The van der Waals surface area contributed by atoms with Crippen LogP contribution in [-0.4, -0.2) is 40.6 Å². The number of furan rings is 1. The topological polar surface area (TPSA) is 65.7 Å². The van der Waals surface area contributed by atoms with Crippen LogP contribution in [0.15, 0.2) is 40.8 Å². The number of rotatable bonds is 4. The van der Waals surface area contributed by atoms with Crippen LogP contribution >= 0.6 is 0 Å². The molecule has 0 radical (unpaired) electrons. The number of likely N-dealkylation sites (tertiary alicyclic amines) is 1. The lowest BCUT2D eigenvalue weighted by Gasteiger charge is -2.33. The summed E-state index contributed by atoms with van der Waals surface area (Å²) in [7, 11) is 0. The van der Waals surface area contributed by atoms with E-state index < -0.39 is 5.60 Å². The van der Waals surface area contributed by atoms with E-state index in [0.717, 1.165) is 18.5 Å². The Morgan fingerprint density at radius 1 is 1.24 bits per heavy atom. The first kappa shape index (κ1) is 21.0. The maximum Gasteiger partial charge on any atom is 0.289 e. The van der Waals surface area contributed by atoms with E-state index in [0.29, 0.717) is 24.8 Å². The van der Waals surface area contributed by atoms with Crippen molar-refractivity contribution in [3.63, 3.8) is 0 Å². The van der Waals surface area contributed by atoms with Gasteiger partial charge in [0.05, 0.1) is 0 Å². The molecule has 0 bridgehead atoms. The summed E-state index contributed by atoms with van der Waals surface area (Å²) in [6, 6.07) is 12.0. The van der Waals surface area contributed by atoms with Crippen molar-refractivity contribution in [3.05, 3.63) is 53.5 Å². The Kier molecular flexibility index (Phi) is 6.34. The van der Waals surface area contributed by atoms with Gasteiger partial charge in [-0.25, -0.2) is 0 Å². The first-order valence-electron chi connectivity index (χ1n) is 10.2. The van der Waals surface area contributed by atoms with E-state index in [1.54, 1.807) is 26.0 Å². The predicted octanol–water partition coefficient (Wildman–Crippen LogP) is 4.24. The van der Waals surface area contributed by atoms with Gasteiger partial charge in [0.2, 0.25) is 0 Å². The Labute approximate surface area is 173 Å². The number of nitrogens with one attached hydrogen (secondary N) is 1. The summed E-state index contributed by atoms with van der Waals surface area (Å²) < 4.78 is 5.59. The maximum atomic E-state index is 12.8. The van der Waals surface area contributed by atoms with E-state index in [-0.39, 0.29) is 17.7 Å².